The van der Waals surface area contributed by atoms with Crippen molar-refractivity contribution in [3.8, 4) is 0 Å². The van der Waals surface area contributed by atoms with Gasteiger partial charge in [-0.1, -0.05) is 6.92 Å². The van der Waals surface area contributed by atoms with Crippen molar-refractivity contribution in [3.63, 3.8) is 0 Å². The molecule has 0 rings (SSSR count). The normalized spacial score (nSPS) is 14.5. The first kappa shape index (κ1) is 15.2. The molecule has 0 aromatic heterocycles. The van der Waals surface area contributed by atoms with Crippen LogP contribution in [0.4, 0.5) is 0 Å². The van der Waals surface area contributed by atoms with E-state index in [4.69, 9.17) is 0 Å². The van der Waals surface area contributed by atoms with Crippen LogP contribution in [0.3, 0.4) is 0 Å². The lowest BCUT2D eigenvalue weighted by Gasteiger charge is -2.17. The Labute approximate surface area is 97.9 Å². The largest absolute Gasteiger partial charge is 0.312 e. The van der Waals surface area contributed by atoms with Gasteiger partial charge in [0.15, 0.2) is 0 Å². The Kier molecular flexibility index (Phi) is 7.60. The van der Waals surface area contributed by atoms with Crippen LogP contribution in [0.5, 0.6) is 0 Å². The molecule has 0 aliphatic carbocycles. The smallest absolute Gasteiger partial charge is 0.210 e. The average molecular weight is 254 g/mol. The van der Waals surface area contributed by atoms with Gasteiger partial charge in [-0.05, 0) is 12.7 Å². The van der Waals surface area contributed by atoms with E-state index in [0.29, 0.717) is 19.1 Å². The Morgan fingerprint density at radius 3 is 2.53 bits per heavy atom. The molecule has 0 aliphatic heterocycles. The summed E-state index contributed by atoms with van der Waals surface area (Å²) in [7, 11) is -1.43. The number of thioether (sulfide) groups is 1. The fourth-order valence-corrected chi connectivity index (χ4v) is 2.12. The predicted molar refractivity (Wildman–Crippen MR) is 67.9 cm³/mol. The van der Waals surface area contributed by atoms with Crippen LogP contribution in [0.2, 0.25) is 0 Å². The topological polar surface area (TPSA) is 49.4 Å². The maximum atomic E-state index is 11.1. The standard InChI is InChI=1S/C9H22N2O2S2/c1-5-14-8-9(2)10-6-7-11(3)15(4,12)13/h9-10H,5-8H2,1-4H3/t9-/m0/s1. The molecule has 0 aromatic carbocycles. The third-order valence-corrected chi connectivity index (χ3v) is 4.52. The highest BCUT2D eigenvalue weighted by Gasteiger charge is 2.10. The first-order valence-corrected chi connectivity index (χ1v) is 8.10. The van der Waals surface area contributed by atoms with Crippen molar-refractivity contribution in [1.29, 1.82) is 0 Å². The molecule has 6 heteroatoms. The first-order valence-electron chi connectivity index (χ1n) is 5.10. The fraction of sp³-hybridized carbons (Fsp3) is 1.00. The molecule has 1 atom stereocenters. The number of rotatable bonds is 8. The zero-order valence-corrected chi connectivity index (χ0v) is 11.6. The van der Waals surface area contributed by atoms with Crippen LogP contribution >= 0.6 is 11.8 Å². The van der Waals surface area contributed by atoms with E-state index in [1.165, 1.54) is 10.6 Å². The number of hydrogen-bond donors (Lipinski definition) is 1. The van der Waals surface area contributed by atoms with Crippen LogP contribution in [0.1, 0.15) is 13.8 Å². The highest BCUT2D eigenvalue weighted by Crippen LogP contribution is 2.00. The van der Waals surface area contributed by atoms with E-state index in [0.717, 1.165) is 11.5 Å². The number of sulfonamides is 1. The summed E-state index contributed by atoms with van der Waals surface area (Å²) >= 11 is 1.89. The monoisotopic (exact) mass is 254 g/mol. The Balaban J connectivity index is 3.61. The van der Waals surface area contributed by atoms with Crippen LogP contribution in [0, 0.1) is 0 Å². The maximum Gasteiger partial charge on any atom is 0.210 e. The number of nitrogens with zero attached hydrogens (tertiary/aromatic N) is 1. The zero-order valence-electron chi connectivity index (χ0n) is 9.99. The van der Waals surface area contributed by atoms with Crippen LogP contribution in [-0.2, 0) is 10.0 Å². The molecule has 0 saturated heterocycles. The van der Waals surface area contributed by atoms with Crippen LogP contribution in [0.25, 0.3) is 0 Å². The van der Waals surface area contributed by atoms with Gasteiger partial charge in [0.2, 0.25) is 10.0 Å². The van der Waals surface area contributed by atoms with Crippen molar-refractivity contribution in [3.05, 3.63) is 0 Å². The second-order valence-electron chi connectivity index (χ2n) is 3.60. The third-order valence-electron chi connectivity index (χ3n) is 2.06. The molecule has 0 fully saturated rings. The van der Waals surface area contributed by atoms with Crippen molar-refractivity contribution in [2.75, 3.05) is 37.9 Å². The minimum atomic E-state index is -3.03. The highest BCUT2D eigenvalue weighted by molar-refractivity contribution is 7.99. The fourth-order valence-electron chi connectivity index (χ4n) is 0.988. The summed E-state index contributed by atoms with van der Waals surface area (Å²) in [6, 6.07) is 0.433. The average Bonchev–Trinajstić information content (AvgIpc) is 2.13. The van der Waals surface area contributed by atoms with Gasteiger partial charge in [0, 0.05) is 31.9 Å². The Morgan fingerprint density at radius 2 is 2.07 bits per heavy atom. The molecule has 4 nitrogen and oxygen atoms in total. The molecule has 0 aromatic rings. The van der Waals surface area contributed by atoms with E-state index < -0.39 is 10.0 Å². The van der Waals surface area contributed by atoms with E-state index in [2.05, 4.69) is 19.2 Å². The summed E-state index contributed by atoms with van der Waals surface area (Å²) in [5.74, 6) is 2.19. The van der Waals surface area contributed by atoms with Gasteiger partial charge in [-0.3, -0.25) is 0 Å². The van der Waals surface area contributed by atoms with Crippen LogP contribution in [-0.4, -0.2) is 56.7 Å². The highest BCUT2D eigenvalue weighted by atomic mass is 32.2. The number of nitrogens with one attached hydrogen (secondary N) is 1. The van der Waals surface area contributed by atoms with Gasteiger partial charge in [-0.25, -0.2) is 12.7 Å². The van der Waals surface area contributed by atoms with Crippen molar-refractivity contribution in [2.45, 2.75) is 19.9 Å². The van der Waals surface area contributed by atoms with Gasteiger partial charge in [0.25, 0.3) is 0 Å². The molecule has 0 radical (unpaired) electrons. The molecule has 15 heavy (non-hydrogen) atoms. The van der Waals surface area contributed by atoms with Gasteiger partial charge in [-0.15, -0.1) is 0 Å². The first-order chi connectivity index (χ1) is 6.88. The summed E-state index contributed by atoms with van der Waals surface area (Å²) in [6.07, 6.45) is 1.23. The van der Waals surface area contributed by atoms with E-state index in [-0.39, 0.29) is 0 Å². The predicted octanol–water partition coefficient (Wildman–Crippen LogP) is 0.609. The van der Waals surface area contributed by atoms with Crippen LogP contribution < -0.4 is 5.32 Å². The molecule has 0 saturated carbocycles. The molecular weight excluding hydrogens is 232 g/mol. The van der Waals surface area contributed by atoms with E-state index in [1.54, 1.807) is 7.05 Å². The minimum absolute atomic E-state index is 0.433. The van der Waals surface area contributed by atoms with Crippen molar-refractivity contribution >= 4 is 21.8 Å². The second kappa shape index (κ2) is 7.49. The summed E-state index contributed by atoms with van der Waals surface area (Å²) in [6.45, 7) is 5.48. The van der Waals surface area contributed by atoms with E-state index >= 15 is 0 Å². The van der Waals surface area contributed by atoms with E-state index in [9.17, 15) is 8.42 Å². The minimum Gasteiger partial charge on any atom is -0.312 e. The Morgan fingerprint density at radius 1 is 1.47 bits per heavy atom. The SMILES string of the molecule is CCSC[C@H](C)NCCN(C)S(C)(=O)=O. The van der Waals surface area contributed by atoms with E-state index in [1.807, 2.05) is 11.8 Å². The number of likely N-dealkylation sites (N-methyl/N-ethyl adjacent to an activating group) is 1. The maximum absolute atomic E-state index is 11.1. The van der Waals surface area contributed by atoms with Gasteiger partial charge in [-0.2, -0.15) is 11.8 Å². The molecular formula is C9H22N2O2S2. The van der Waals surface area contributed by atoms with Crippen LogP contribution in [0.15, 0.2) is 0 Å². The summed E-state index contributed by atoms with van der Waals surface area (Å²) in [4.78, 5) is 0. The van der Waals surface area contributed by atoms with Gasteiger partial charge < -0.3 is 5.32 Å². The van der Waals surface area contributed by atoms with Crippen molar-refractivity contribution in [1.82, 2.24) is 9.62 Å². The van der Waals surface area contributed by atoms with Gasteiger partial charge >= 0.3 is 0 Å². The quantitative estimate of drug-likeness (QED) is 0.689. The zero-order chi connectivity index (χ0) is 11.9. The van der Waals surface area contributed by atoms with Crippen molar-refractivity contribution in [2.24, 2.45) is 0 Å². The van der Waals surface area contributed by atoms with Gasteiger partial charge in [0.05, 0.1) is 6.26 Å². The van der Waals surface area contributed by atoms with Crippen molar-refractivity contribution < 1.29 is 8.42 Å². The summed E-state index contributed by atoms with van der Waals surface area (Å²) in [5, 5.41) is 3.29. The molecule has 0 unspecified atom stereocenters. The lowest BCUT2D eigenvalue weighted by molar-refractivity contribution is 0.452. The third kappa shape index (κ3) is 8.07. The second-order valence-corrected chi connectivity index (χ2v) is 7.01. The Bertz CT molecular complexity index is 255. The number of hydrogen-bond acceptors (Lipinski definition) is 4. The summed E-state index contributed by atoms with van der Waals surface area (Å²) in [5.41, 5.74) is 0. The molecule has 0 spiro atoms. The van der Waals surface area contributed by atoms with Gasteiger partial charge in [0.1, 0.15) is 0 Å². The molecule has 0 amide bonds. The lowest BCUT2D eigenvalue weighted by Crippen LogP contribution is -2.37. The molecule has 1 N–H and O–H groups in total. The molecule has 0 bridgehead atoms. The Hall–Kier alpha value is 0.220. The molecule has 0 aliphatic rings. The lowest BCUT2D eigenvalue weighted by atomic mass is 10.4. The molecule has 92 valence electrons. The summed E-state index contributed by atoms with van der Waals surface area (Å²) < 4.78 is 23.5. The molecule has 0 heterocycles.